The summed E-state index contributed by atoms with van der Waals surface area (Å²) in [4.78, 5) is 4.19. The summed E-state index contributed by atoms with van der Waals surface area (Å²) in [5.41, 5.74) is 2.63. The Kier molecular flexibility index (Phi) is 3.84. The van der Waals surface area contributed by atoms with Crippen LogP contribution in [0.25, 0.3) is 0 Å². The maximum absolute atomic E-state index is 9.02. The third-order valence-electron chi connectivity index (χ3n) is 2.63. The lowest BCUT2D eigenvalue weighted by Crippen LogP contribution is -1.95. The minimum Gasteiger partial charge on any atom is -0.438 e. The molecule has 0 saturated heterocycles. The second-order valence-electron chi connectivity index (χ2n) is 4.14. The Balaban J connectivity index is 2.31. The van der Waals surface area contributed by atoms with Gasteiger partial charge in [-0.1, -0.05) is 17.7 Å². The summed E-state index contributed by atoms with van der Waals surface area (Å²) >= 11 is 5.94. The van der Waals surface area contributed by atoms with Crippen LogP contribution in [-0.4, -0.2) is 10.1 Å². The van der Waals surface area contributed by atoms with Gasteiger partial charge in [0.15, 0.2) is 0 Å². The van der Waals surface area contributed by atoms with Crippen LogP contribution >= 0.6 is 11.6 Å². The number of aromatic nitrogens is 1. The van der Waals surface area contributed by atoms with E-state index >= 15 is 0 Å². The zero-order valence-corrected chi connectivity index (χ0v) is 11.0. The Hall–Kier alpha value is -1.58. The van der Waals surface area contributed by atoms with Gasteiger partial charge >= 0.3 is 0 Å². The van der Waals surface area contributed by atoms with Crippen molar-refractivity contribution >= 4 is 11.6 Å². The molecule has 0 atom stereocenters. The average Bonchev–Trinajstić information content (AvgIpc) is 2.36. The Morgan fingerprint density at radius 3 is 2.67 bits per heavy atom. The van der Waals surface area contributed by atoms with E-state index in [1.54, 1.807) is 12.3 Å². The van der Waals surface area contributed by atoms with Crippen LogP contribution in [0.1, 0.15) is 16.7 Å². The molecule has 94 valence electrons. The van der Waals surface area contributed by atoms with Crippen molar-refractivity contribution in [2.75, 3.05) is 0 Å². The maximum atomic E-state index is 9.02. The number of aryl methyl sites for hydroxylation is 2. The van der Waals surface area contributed by atoms with Gasteiger partial charge in [-0.25, -0.2) is 4.98 Å². The first-order valence-corrected chi connectivity index (χ1v) is 5.98. The predicted octanol–water partition coefficient (Wildman–Crippen LogP) is 3.64. The quantitative estimate of drug-likeness (QED) is 0.919. The molecular formula is C14H14ClNO2. The molecule has 0 amide bonds. The molecule has 1 heterocycles. The second-order valence-corrected chi connectivity index (χ2v) is 4.57. The number of aliphatic hydroxyl groups excluding tert-OH is 1. The van der Waals surface area contributed by atoms with E-state index in [9.17, 15) is 0 Å². The Labute approximate surface area is 111 Å². The lowest BCUT2D eigenvalue weighted by Gasteiger charge is -2.10. The molecule has 3 nitrogen and oxygen atoms in total. The molecule has 0 radical (unpaired) electrons. The van der Waals surface area contributed by atoms with E-state index < -0.39 is 0 Å². The summed E-state index contributed by atoms with van der Waals surface area (Å²) < 4.78 is 5.74. The van der Waals surface area contributed by atoms with Crippen molar-refractivity contribution in [3.63, 3.8) is 0 Å². The largest absolute Gasteiger partial charge is 0.438 e. The highest BCUT2D eigenvalue weighted by atomic mass is 35.5. The van der Waals surface area contributed by atoms with E-state index in [1.807, 2.05) is 32.0 Å². The Bertz CT molecular complexity index is 570. The second kappa shape index (κ2) is 5.38. The SMILES string of the molecule is Cc1ccc(Cl)cc1Oc1ncc(CO)cc1C. The normalized spacial score (nSPS) is 10.4. The van der Waals surface area contributed by atoms with Gasteiger partial charge in [-0.3, -0.25) is 0 Å². The summed E-state index contributed by atoms with van der Waals surface area (Å²) in [6.07, 6.45) is 1.60. The van der Waals surface area contributed by atoms with Crippen molar-refractivity contribution in [3.05, 3.63) is 52.2 Å². The zero-order chi connectivity index (χ0) is 13.1. The number of hydrogen-bond donors (Lipinski definition) is 1. The van der Waals surface area contributed by atoms with E-state index in [-0.39, 0.29) is 6.61 Å². The van der Waals surface area contributed by atoms with Crippen LogP contribution in [-0.2, 0) is 6.61 Å². The van der Waals surface area contributed by atoms with E-state index in [4.69, 9.17) is 21.4 Å². The third-order valence-corrected chi connectivity index (χ3v) is 2.86. The number of rotatable bonds is 3. The topological polar surface area (TPSA) is 42.4 Å². The van der Waals surface area contributed by atoms with Gasteiger partial charge in [0, 0.05) is 16.8 Å². The number of ether oxygens (including phenoxy) is 1. The average molecular weight is 264 g/mol. The first-order chi connectivity index (χ1) is 8.60. The van der Waals surface area contributed by atoms with Crippen LogP contribution in [0.4, 0.5) is 0 Å². The highest BCUT2D eigenvalue weighted by Gasteiger charge is 2.07. The highest BCUT2D eigenvalue weighted by Crippen LogP contribution is 2.28. The summed E-state index contributed by atoms with van der Waals surface area (Å²) in [5.74, 6) is 1.22. The summed E-state index contributed by atoms with van der Waals surface area (Å²) in [6, 6.07) is 7.33. The fourth-order valence-corrected chi connectivity index (χ4v) is 1.76. The molecular weight excluding hydrogens is 250 g/mol. The van der Waals surface area contributed by atoms with Crippen molar-refractivity contribution in [1.82, 2.24) is 4.98 Å². The van der Waals surface area contributed by atoms with Gasteiger partial charge < -0.3 is 9.84 Å². The van der Waals surface area contributed by atoms with Gasteiger partial charge in [0.25, 0.3) is 0 Å². The van der Waals surface area contributed by atoms with Gasteiger partial charge in [-0.15, -0.1) is 0 Å². The number of benzene rings is 1. The molecule has 0 fully saturated rings. The van der Waals surface area contributed by atoms with Crippen LogP contribution in [0.15, 0.2) is 30.5 Å². The molecule has 0 saturated carbocycles. The summed E-state index contributed by atoms with van der Waals surface area (Å²) in [6.45, 7) is 3.81. The molecule has 1 aromatic heterocycles. The first kappa shape index (κ1) is 12.9. The number of halogens is 1. The zero-order valence-electron chi connectivity index (χ0n) is 10.3. The first-order valence-electron chi connectivity index (χ1n) is 5.60. The molecule has 4 heteroatoms. The Morgan fingerprint density at radius 1 is 1.22 bits per heavy atom. The summed E-state index contributed by atoms with van der Waals surface area (Å²) in [7, 11) is 0. The number of hydrogen-bond acceptors (Lipinski definition) is 3. The number of aliphatic hydroxyl groups is 1. The van der Waals surface area contributed by atoms with Gasteiger partial charge in [0.2, 0.25) is 5.88 Å². The molecule has 2 rings (SSSR count). The highest BCUT2D eigenvalue weighted by molar-refractivity contribution is 6.30. The van der Waals surface area contributed by atoms with Crippen molar-refractivity contribution in [1.29, 1.82) is 0 Å². The molecule has 0 unspecified atom stereocenters. The monoisotopic (exact) mass is 263 g/mol. The fraction of sp³-hybridized carbons (Fsp3) is 0.214. The van der Waals surface area contributed by atoms with Gasteiger partial charge in [-0.2, -0.15) is 0 Å². The maximum Gasteiger partial charge on any atom is 0.222 e. The molecule has 0 aliphatic carbocycles. The molecule has 1 aromatic carbocycles. The molecule has 2 aromatic rings. The van der Waals surface area contributed by atoms with Gasteiger partial charge in [0.05, 0.1) is 6.61 Å². The standard InChI is InChI=1S/C14H14ClNO2/c1-9-3-4-12(15)6-13(9)18-14-10(2)5-11(8-17)7-16-14/h3-7,17H,8H2,1-2H3. The fourth-order valence-electron chi connectivity index (χ4n) is 1.60. The van der Waals surface area contributed by atoms with Crippen molar-refractivity contribution < 1.29 is 9.84 Å². The summed E-state index contributed by atoms with van der Waals surface area (Å²) in [5, 5.41) is 9.65. The van der Waals surface area contributed by atoms with E-state index in [0.717, 1.165) is 16.7 Å². The number of pyridine rings is 1. The molecule has 0 bridgehead atoms. The van der Waals surface area contributed by atoms with Crippen LogP contribution in [0.5, 0.6) is 11.6 Å². The smallest absolute Gasteiger partial charge is 0.222 e. The van der Waals surface area contributed by atoms with Crippen molar-refractivity contribution in [3.8, 4) is 11.6 Å². The minimum atomic E-state index is -0.0235. The lowest BCUT2D eigenvalue weighted by molar-refractivity contribution is 0.281. The number of nitrogens with zero attached hydrogens (tertiary/aromatic N) is 1. The van der Waals surface area contributed by atoms with Crippen molar-refractivity contribution in [2.45, 2.75) is 20.5 Å². The molecule has 0 spiro atoms. The van der Waals surface area contributed by atoms with Crippen LogP contribution in [0.3, 0.4) is 0 Å². The van der Waals surface area contributed by atoms with E-state index in [0.29, 0.717) is 16.7 Å². The minimum absolute atomic E-state index is 0.0235. The molecule has 0 aliphatic rings. The van der Waals surface area contributed by atoms with Crippen LogP contribution < -0.4 is 4.74 Å². The van der Waals surface area contributed by atoms with Gasteiger partial charge in [0.1, 0.15) is 5.75 Å². The van der Waals surface area contributed by atoms with Gasteiger partial charge in [-0.05, 0) is 43.2 Å². The van der Waals surface area contributed by atoms with Crippen molar-refractivity contribution in [2.24, 2.45) is 0 Å². The van der Waals surface area contributed by atoms with E-state index in [2.05, 4.69) is 4.98 Å². The molecule has 18 heavy (non-hydrogen) atoms. The Morgan fingerprint density at radius 2 is 2.00 bits per heavy atom. The molecule has 1 N–H and O–H groups in total. The van der Waals surface area contributed by atoms with E-state index in [1.165, 1.54) is 0 Å². The van der Waals surface area contributed by atoms with Crippen LogP contribution in [0, 0.1) is 13.8 Å². The lowest BCUT2D eigenvalue weighted by atomic mass is 10.2. The predicted molar refractivity (Wildman–Crippen MR) is 71.2 cm³/mol. The third kappa shape index (κ3) is 2.81. The molecule has 0 aliphatic heterocycles. The van der Waals surface area contributed by atoms with Crippen LogP contribution in [0.2, 0.25) is 5.02 Å².